The van der Waals surface area contributed by atoms with Crippen LogP contribution in [0.4, 0.5) is 0 Å². The van der Waals surface area contributed by atoms with Crippen molar-refractivity contribution < 1.29 is 4.79 Å². The quantitative estimate of drug-likeness (QED) is 0.571. The first-order valence-corrected chi connectivity index (χ1v) is 9.27. The van der Waals surface area contributed by atoms with Gasteiger partial charge >= 0.3 is 0 Å². The van der Waals surface area contributed by atoms with Crippen LogP contribution in [0.5, 0.6) is 0 Å². The van der Waals surface area contributed by atoms with Crippen molar-refractivity contribution in [2.75, 3.05) is 0 Å². The lowest BCUT2D eigenvalue weighted by molar-refractivity contribution is -0.121. The molecule has 0 aliphatic rings. The lowest BCUT2D eigenvalue weighted by Gasteiger charge is -2.08. The van der Waals surface area contributed by atoms with Crippen molar-refractivity contribution in [2.45, 2.75) is 39.3 Å². The van der Waals surface area contributed by atoms with Gasteiger partial charge < -0.3 is 9.88 Å². The summed E-state index contributed by atoms with van der Waals surface area (Å²) in [6.07, 6.45) is 5.24. The molecular weight excluding hydrogens is 338 g/mol. The fourth-order valence-corrected chi connectivity index (χ4v) is 3.43. The predicted molar refractivity (Wildman–Crippen MR) is 105 cm³/mol. The molecule has 1 amide bonds. The molecule has 0 aliphatic heterocycles. The zero-order valence-electron chi connectivity index (χ0n) is 15.6. The van der Waals surface area contributed by atoms with Crippen LogP contribution in [-0.2, 0) is 17.8 Å². The van der Waals surface area contributed by atoms with Crippen LogP contribution in [-0.4, -0.2) is 25.1 Å². The number of rotatable bonds is 6. The first-order chi connectivity index (χ1) is 13.1. The van der Waals surface area contributed by atoms with E-state index in [9.17, 15) is 4.79 Å². The van der Waals surface area contributed by atoms with Crippen molar-refractivity contribution in [3.8, 4) is 0 Å². The second-order valence-electron chi connectivity index (χ2n) is 6.99. The van der Waals surface area contributed by atoms with Gasteiger partial charge in [-0.2, -0.15) is 0 Å². The highest BCUT2D eigenvalue weighted by molar-refractivity contribution is 5.85. The van der Waals surface area contributed by atoms with Gasteiger partial charge in [0.05, 0.1) is 6.54 Å². The van der Waals surface area contributed by atoms with Crippen LogP contribution >= 0.6 is 0 Å². The molecule has 4 aromatic rings. The van der Waals surface area contributed by atoms with Crippen LogP contribution in [0.15, 0.2) is 54.9 Å². The molecule has 6 heteroatoms. The number of fused-ring (bicyclic) bond motifs is 2. The third-order valence-electron chi connectivity index (χ3n) is 4.83. The predicted octanol–water partition coefficient (Wildman–Crippen LogP) is 3.51. The van der Waals surface area contributed by atoms with Gasteiger partial charge in [0, 0.05) is 35.8 Å². The van der Waals surface area contributed by atoms with E-state index < -0.39 is 0 Å². The van der Waals surface area contributed by atoms with Crippen LogP contribution in [0.25, 0.3) is 16.6 Å². The summed E-state index contributed by atoms with van der Waals surface area (Å²) in [5, 5.41) is 12.4. The molecule has 1 aromatic carbocycles. The van der Waals surface area contributed by atoms with Crippen molar-refractivity contribution >= 4 is 22.5 Å². The number of pyridine rings is 1. The summed E-state index contributed by atoms with van der Waals surface area (Å²) in [6, 6.07) is 14.5. The highest BCUT2D eigenvalue weighted by Crippen LogP contribution is 2.25. The summed E-state index contributed by atoms with van der Waals surface area (Å²) < 4.78 is 4.15. The maximum absolute atomic E-state index is 12.3. The van der Waals surface area contributed by atoms with E-state index in [2.05, 4.69) is 58.3 Å². The fraction of sp³-hybridized carbons (Fsp3) is 0.286. The van der Waals surface area contributed by atoms with E-state index in [0.717, 1.165) is 11.5 Å². The molecular formula is C21H23N5O. The first kappa shape index (κ1) is 17.3. The van der Waals surface area contributed by atoms with E-state index in [-0.39, 0.29) is 5.91 Å². The van der Waals surface area contributed by atoms with Gasteiger partial charge in [-0.1, -0.05) is 24.3 Å². The summed E-state index contributed by atoms with van der Waals surface area (Å²) in [4.78, 5) is 12.3. The number of benzene rings is 1. The van der Waals surface area contributed by atoms with Gasteiger partial charge in [-0.05, 0) is 44.0 Å². The van der Waals surface area contributed by atoms with E-state index >= 15 is 0 Å². The molecule has 138 valence electrons. The Labute approximate surface area is 157 Å². The van der Waals surface area contributed by atoms with E-state index in [0.29, 0.717) is 25.4 Å². The summed E-state index contributed by atoms with van der Waals surface area (Å²) in [6.45, 7) is 4.72. The number of aromatic nitrogens is 4. The summed E-state index contributed by atoms with van der Waals surface area (Å²) in [7, 11) is 0. The van der Waals surface area contributed by atoms with Gasteiger partial charge in [0.2, 0.25) is 5.91 Å². The first-order valence-electron chi connectivity index (χ1n) is 9.27. The summed E-state index contributed by atoms with van der Waals surface area (Å²) in [5.41, 5.74) is 3.21. The molecule has 0 spiro atoms. The SMILES string of the molecule is CC(C)n1cc(CCC(=O)NCc2nnc3ccccn23)c2ccccc21. The average Bonchev–Trinajstić information content (AvgIpc) is 3.26. The molecule has 6 nitrogen and oxygen atoms in total. The number of aryl methyl sites for hydroxylation is 1. The minimum absolute atomic E-state index is 0.0176. The number of nitrogens with zero attached hydrogens (tertiary/aromatic N) is 4. The number of amides is 1. The van der Waals surface area contributed by atoms with Crippen molar-refractivity contribution in [2.24, 2.45) is 0 Å². The molecule has 27 heavy (non-hydrogen) atoms. The molecule has 0 atom stereocenters. The maximum atomic E-state index is 12.3. The molecule has 0 saturated carbocycles. The van der Waals surface area contributed by atoms with Gasteiger partial charge in [-0.15, -0.1) is 10.2 Å². The van der Waals surface area contributed by atoms with Gasteiger partial charge in [0.15, 0.2) is 11.5 Å². The standard InChI is InChI=1S/C21H23N5O/c1-15(2)26-14-16(17-7-3-4-8-18(17)26)10-11-21(27)22-13-20-24-23-19-9-5-6-12-25(19)20/h3-9,12,14-15H,10-11,13H2,1-2H3,(H,22,27). The van der Waals surface area contributed by atoms with Crippen LogP contribution in [0.3, 0.4) is 0 Å². The highest BCUT2D eigenvalue weighted by Gasteiger charge is 2.12. The third kappa shape index (κ3) is 3.43. The topological polar surface area (TPSA) is 64.2 Å². The monoisotopic (exact) mass is 361 g/mol. The second-order valence-corrected chi connectivity index (χ2v) is 6.99. The number of carbonyl (C=O) groups is 1. The molecule has 0 radical (unpaired) electrons. The van der Waals surface area contributed by atoms with E-state index in [4.69, 9.17) is 0 Å². The number of carbonyl (C=O) groups excluding carboxylic acids is 1. The fourth-order valence-electron chi connectivity index (χ4n) is 3.43. The molecule has 0 fully saturated rings. The average molecular weight is 361 g/mol. The minimum atomic E-state index is 0.0176. The Morgan fingerprint density at radius 2 is 1.93 bits per heavy atom. The third-order valence-corrected chi connectivity index (χ3v) is 4.83. The zero-order valence-corrected chi connectivity index (χ0v) is 15.6. The molecule has 0 bridgehead atoms. The minimum Gasteiger partial charge on any atom is -0.349 e. The van der Waals surface area contributed by atoms with E-state index in [1.165, 1.54) is 16.5 Å². The molecule has 3 aromatic heterocycles. The number of nitrogens with one attached hydrogen (secondary N) is 1. The Kier molecular flexibility index (Phi) is 4.62. The molecule has 4 rings (SSSR count). The largest absolute Gasteiger partial charge is 0.349 e. The van der Waals surface area contributed by atoms with Crippen LogP contribution in [0.1, 0.15) is 37.7 Å². The summed E-state index contributed by atoms with van der Waals surface area (Å²) >= 11 is 0. The van der Waals surface area contributed by atoms with Gasteiger partial charge in [0.25, 0.3) is 0 Å². The van der Waals surface area contributed by atoms with Gasteiger partial charge in [0.1, 0.15) is 0 Å². The lowest BCUT2D eigenvalue weighted by Crippen LogP contribution is -2.24. The van der Waals surface area contributed by atoms with Crippen molar-refractivity contribution in [3.63, 3.8) is 0 Å². The molecule has 0 unspecified atom stereocenters. The van der Waals surface area contributed by atoms with Crippen LogP contribution in [0, 0.1) is 0 Å². The second kappa shape index (κ2) is 7.23. The smallest absolute Gasteiger partial charge is 0.220 e. The summed E-state index contributed by atoms with van der Waals surface area (Å²) in [5.74, 6) is 0.749. The van der Waals surface area contributed by atoms with Crippen molar-refractivity contribution in [1.82, 2.24) is 24.5 Å². The molecule has 0 aliphatic carbocycles. The molecule has 3 heterocycles. The van der Waals surface area contributed by atoms with Crippen LogP contribution in [0.2, 0.25) is 0 Å². The normalized spacial score (nSPS) is 11.5. The zero-order chi connectivity index (χ0) is 18.8. The molecule has 1 N–H and O–H groups in total. The maximum Gasteiger partial charge on any atom is 0.220 e. The lowest BCUT2D eigenvalue weighted by atomic mass is 10.1. The highest BCUT2D eigenvalue weighted by atomic mass is 16.1. The Bertz CT molecular complexity index is 1090. The Hall–Kier alpha value is -3.15. The number of hydrogen-bond donors (Lipinski definition) is 1. The van der Waals surface area contributed by atoms with Crippen LogP contribution < -0.4 is 5.32 Å². The Morgan fingerprint density at radius 3 is 2.78 bits per heavy atom. The number of hydrogen-bond acceptors (Lipinski definition) is 3. The Balaban J connectivity index is 1.42. The van der Waals surface area contributed by atoms with Crippen molar-refractivity contribution in [3.05, 3.63) is 66.2 Å². The Morgan fingerprint density at radius 1 is 1.11 bits per heavy atom. The van der Waals surface area contributed by atoms with E-state index in [1.807, 2.05) is 34.9 Å². The van der Waals surface area contributed by atoms with E-state index in [1.54, 1.807) is 0 Å². The van der Waals surface area contributed by atoms with Crippen molar-refractivity contribution in [1.29, 1.82) is 0 Å². The van der Waals surface area contributed by atoms with Gasteiger partial charge in [-0.25, -0.2) is 0 Å². The van der Waals surface area contributed by atoms with Gasteiger partial charge in [-0.3, -0.25) is 9.20 Å². The molecule has 0 saturated heterocycles. The number of para-hydroxylation sites is 1.